The lowest BCUT2D eigenvalue weighted by Crippen LogP contribution is -2.31. The van der Waals surface area contributed by atoms with Gasteiger partial charge in [-0.1, -0.05) is 30.3 Å². The van der Waals surface area contributed by atoms with E-state index >= 15 is 0 Å². The summed E-state index contributed by atoms with van der Waals surface area (Å²) in [6.45, 7) is 2.01. The first-order chi connectivity index (χ1) is 12.3. The summed E-state index contributed by atoms with van der Waals surface area (Å²) < 4.78 is 0. The average molecular weight is 331 g/mol. The molecule has 1 aliphatic heterocycles. The van der Waals surface area contributed by atoms with Crippen molar-refractivity contribution in [3.63, 3.8) is 0 Å². The fraction of sp³-hybridized carbons (Fsp3) is 0.238. The van der Waals surface area contributed by atoms with Crippen molar-refractivity contribution in [2.75, 3.05) is 18.0 Å². The maximum atomic E-state index is 9.55. The van der Waals surface area contributed by atoms with E-state index in [9.17, 15) is 5.11 Å². The minimum Gasteiger partial charge on any atom is -0.508 e. The Morgan fingerprint density at radius 2 is 1.32 bits per heavy atom. The monoisotopic (exact) mass is 331 g/mol. The molecule has 2 aromatic carbocycles. The van der Waals surface area contributed by atoms with Crippen LogP contribution in [0.3, 0.4) is 0 Å². The molecule has 0 amide bonds. The third-order valence-corrected chi connectivity index (χ3v) is 4.59. The highest BCUT2D eigenvalue weighted by molar-refractivity contribution is 5.70. The maximum Gasteiger partial charge on any atom is 0.226 e. The van der Waals surface area contributed by atoms with E-state index in [0.717, 1.165) is 41.6 Å². The molecule has 1 aromatic heterocycles. The van der Waals surface area contributed by atoms with Crippen molar-refractivity contribution in [1.82, 2.24) is 9.97 Å². The van der Waals surface area contributed by atoms with Crippen molar-refractivity contribution >= 4 is 5.95 Å². The van der Waals surface area contributed by atoms with E-state index in [1.54, 1.807) is 12.1 Å². The second-order valence-electron chi connectivity index (χ2n) is 6.40. The minimum absolute atomic E-state index is 0.261. The first-order valence-corrected chi connectivity index (χ1v) is 8.78. The number of hydrogen-bond donors (Lipinski definition) is 1. The fourth-order valence-electron chi connectivity index (χ4n) is 3.21. The summed E-state index contributed by atoms with van der Waals surface area (Å²) in [5, 5.41) is 9.55. The van der Waals surface area contributed by atoms with Crippen LogP contribution in [0.5, 0.6) is 5.75 Å². The normalized spacial score (nSPS) is 14.5. The molecule has 1 N–H and O–H groups in total. The molecule has 0 aliphatic carbocycles. The van der Waals surface area contributed by atoms with Gasteiger partial charge in [0.1, 0.15) is 5.75 Å². The highest BCUT2D eigenvalue weighted by Gasteiger charge is 2.16. The van der Waals surface area contributed by atoms with E-state index < -0.39 is 0 Å². The molecule has 4 rings (SSSR count). The van der Waals surface area contributed by atoms with E-state index in [1.807, 2.05) is 36.4 Å². The zero-order valence-electron chi connectivity index (χ0n) is 14.1. The summed E-state index contributed by atoms with van der Waals surface area (Å²) >= 11 is 0. The third kappa shape index (κ3) is 3.48. The van der Waals surface area contributed by atoms with E-state index in [1.165, 1.54) is 19.3 Å². The molecule has 0 atom stereocenters. The van der Waals surface area contributed by atoms with Crippen LogP contribution in [0, 0.1) is 0 Å². The van der Waals surface area contributed by atoms with Gasteiger partial charge in [0.15, 0.2) is 0 Å². The van der Waals surface area contributed by atoms with Gasteiger partial charge in [-0.3, -0.25) is 0 Å². The Balaban J connectivity index is 1.81. The molecule has 0 saturated carbocycles. The predicted molar refractivity (Wildman–Crippen MR) is 101 cm³/mol. The van der Waals surface area contributed by atoms with Crippen LogP contribution < -0.4 is 4.90 Å². The summed E-state index contributed by atoms with van der Waals surface area (Å²) in [6.07, 6.45) is 3.65. The van der Waals surface area contributed by atoms with Crippen LogP contribution in [0.15, 0.2) is 60.7 Å². The molecular weight excluding hydrogens is 310 g/mol. The SMILES string of the molecule is Oc1ccc(-c2cc(-c3ccccc3)nc(N3CCCCC3)n2)cc1. The Kier molecular flexibility index (Phi) is 4.34. The van der Waals surface area contributed by atoms with E-state index in [4.69, 9.17) is 9.97 Å². The van der Waals surface area contributed by atoms with Crippen LogP contribution in [0.1, 0.15) is 19.3 Å². The Hall–Kier alpha value is -2.88. The molecule has 4 nitrogen and oxygen atoms in total. The number of phenolic OH excluding ortho intramolecular Hbond substituents is 1. The van der Waals surface area contributed by atoms with Gasteiger partial charge < -0.3 is 10.0 Å². The average Bonchev–Trinajstić information content (AvgIpc) is 2.69. The number of aromatic nitrogens is 2. The largest absolute Gasteiger partial charge is 0.508 e. The van der Waals surface area contributed by atoms with Crippen molar-refractivity contribution in [2.45, 2.75) is 19.3 Å². The molecule has 1 aliphatic rings. The number of aromatic hydroxyl groups is 1. The topological polar surface area (TPSA) is 49.3 Å². The molecule has 0 radical (unpaired) electrons. The van der Waals surface area contributed by atoms with Gasteiger partial charge in [-0.15, -0.1) is 0 Å². The van der Waals surface area contributed by atoms with Crippen LogP contribution in [0.25, 0.3) is 22.5 Å². The van der Waals surface area contributed by atoms with Crippen LogP contribution in [-0.4, -0.2) is 28.2 Å². The van der Waals surface area contributed by atoms with E-state index in [-0.39, 0.29) is 5.75 Å². The van der Waals surface area contributed by atoms with Gasteiger partial charge in [-0.05, 0) is 49.6 Å². The molecule has 0 unspecified atom stereocenters. The Labute approximate surface area is 147 Å². The molecular formula is C21H21N3O. The standard InChI is InChI=1S/C21H21N3O/c25-18-11-9-17(10-12-18)20-15-19(16-7-3-1-4-8-16)22-21(23-20)24-13-5-2-6-14-24/h1,3-4,7-12,15,25H,2,5-6,13-14H2. The van der Waals surface area contributed by atoms with Crippen molar-refractivity contribution < 1.29 is 5.11 Å². The van der Waals surface area contributed by atoms with Crippen LogP contribution in [0.2, 0.25) is 0 Å². The molecule has 126 valence electrons. The summed E-state index contributed by atoms with van der Waals surface area (Å²) in [5.41, 5.74) is 3.88. The fourth-order valence-corrected chi connectivity index (χ4v) is 3.21. The first kappa shape index (κ1) is 15.6. The quantitative estimate of drug-likeness (QED) is 0.767. The predicted octanol–water partition coefficient (Wildman–Crippen LogP) is 4.51. The second kappa shape index (κ2) is 6.93. The number of hydrogen-bond acceptors (Lipinski definition) is 4. The van der Waals surface area contributed by atoms with Gasteiger partial charge in [0.25, 0.3) is 0 Å². The Morgan fingerprint density at radius 3 is 1.96 bits per heavy atom. The highest BCUT2D eigenvalue weighted by Crippen LogP contribution is 2.28. The molecule has 25 heavy (non-hydrogen) atoms. The number of anilines is 1. The van der Waals surface area contributed by atoms with Crippen molar-refractivity contribution in [3.05, 3.63) is 60.7 Å². The number of nitrogens with zero attached hydrogens (tertiary/aromatic N) is 3. The summed E-state index contributed by atoms with van der Waals surface area (Å²) in [7, 11) is 0. The Morgan fingerprint density at radius 1 is 0.720 bits per heavy atom. The lowest BCUT2D eigenvalue weighted by molar-refractivity contribution is 0.475. The van der Waals surface area contributed by atoms with Crippen molar-refractivity contribution in [2.24, 2.45) is 0 Å². The van der Waals surface area contributed by atoms with Crippen molar-refractivity contribution in [3.8, 4) is 28.3 Å². The number of benzene rings is 2. The molecule has 4 heteroatoms. The Bertz CT molecular complexity index is 841. The van der Waals surface area contributed by atoms with E-state index in [0.29, 0.717) is 0 Å². The van der Waals surface area contributed by atoms with Crippen LogP contribution in [0.4, 0.5) is 5.95 Å². The summed E-state index contributed by atoms with van der Waals surface area (Å²) in [6, 6.07) is 19.4. The van der Waals surface area contributed by atoms with Crippen molar-refractivity contribution in [1.29, 1.82) is 0 Å². The van der Waals surface area contributed by atoms with Gasteiger partial charge in [0, 0.05) is 24.2 Å². The second-order valence-corrected chi connectivity index (χ2v) is 6.40. The minimum atomic E-state index is 0.261. The van der Waals surface area contributed by atoms with E-state index in [2.05, 4.69) is 17.0 Å². The summed E-state index contributed by atoms with van der Waals surface area (Å²) in [5.74, 6) is 1.06. The lowest BCUT2D eigenvalue weighted by atomic mass is 10.1. The highest BCUT2D eigenvalue weighted by atomic mass is 16.3. The van der Waals surface area contributed by atoms with Crippen LogP contribution >= 0.6 is 0 Å². The first-order valence-electron chi connectivity index (χ1n) is 8.78. The smallest absolute Gasteiger partial charge is 0.226 e. The zero-order chi connectivity index (χ0) is 17.1. The molecule has 0 spiro atoms. The van der Waals surface area contributed by atoms with Gasteiger partial charge >= 0.3 is 0 Å². The molecule has 1 fully saturated rings. The zero-order valence-corrected chi connectivity index (χ0v) is 14.1. The number of phenols is 1. The number of piperidine rings is 1. The van der Waals surface area contributed by atoms with Gasteiger partial charge in [-0.2, -0.15) is 0 Å². The van der Waals surface area contributed by atoms with Gasteiger partial charge in [-0.25, -0.2) is 9.97 Å². The molecule has 1 saturated heterocycles. The summed E-state index contributed by atoms with van der Waals surface area (Å²) in [4.78, 5) is 11.9. The van der Waals surface area contributed by atoms with Crippen LogP contribution in [-0.2, 0) is 0 Å². The number of rotatable bonds is 3. The molecule has 0 bridgehead atoms. The van der Waals surface area contributed by atoms with Gasteiger partial charge in [0.2, 0.25) is 5.95 Å². The lowest BCUT2D eigenvalue weighted by Gasteiger charge is -2.27. The molecule has 2 heterocycles. The third-order valence-electron chi connectivity index (χ3n) is 4.59. The van der Waals surface area contributed by atoms with Gasteiger partial charge in [0.05, 0.1) is 11.4 Å². The molecule has 3 aromatic rings. The maximum absolute atomic E-state index is 9.55.